The van der Waals surface area contributed by atoms with Crippen molar-refractivity contribution in [3.05, 3.63) is 98.0 Å². The lowest BCUT2D eigenvalue weighted by molar-refractivity contribution is -0.113. The first-order valence-electron chi connectivity index (χ1n) is 11.2. The van der Waals surface area contributed by atoms with Crippen LogP contribution in [0.2, 0.25) is 0 Å². The van der Waals surface area contributed by atoms with Gasteiger partial charge in [0, 0.05) is 7.05 Å². The van der Waals surface area contributed by atoms with Crippen molar-refractivity contribution in [1.29, 1.82) is 5.26 Å². The van der Waals surface area contributed by atoms with Crippen molar-refractivity contribution in [3.63, 3.8) is 0 Å². The number of fused-ring (bicyclic) bond motifs is 1. The summed E-state index contributed by atoms with van der Waals surface area (Å²) in [5.74, 6) is -0.434. The number of hydrogen-bond donors (Lipinski definition) is 1. The van der Waals surface area contributed by atoms with Crippen LogP contribution in [0.25, 0.3) is 22.3 Å². The van der Waals surface area contributed by atoms with Crippen LogP contribution in [0.4, 0.5) is 5.00 Å². The fourth-order valence-electron chi connectivity index (χ4n) is 4.00. The van der Waals surface area contributed by atoms with Gasteiger partial charge in [-0.15, -0.1) is 11.3 Å². The highest BCUT2D eigenvalue weighted by atomic mass is 32.2. The summed E-state index contributed by atoms with van der Waals surface area (Å²) in [7, 11) is 1.75. The molecule has 0 saturated heterocycles. The molecule has 37 heavy (non-hydrogen) atoms. The third-order valence-electron chi connectivity index (χ3n) is 5.86. The average Bonchev–Trinajstić information content (AvgIpc) is 3.44. The molecular formula is C26H20N6O3S2. The monoisotopic (exact) mass is 528 g/mol. The minimum Gasteiger partial charge on any atom is -0.316 e. The number of nitrogens with zero attached hydrogens (tertiary/aromatic N) is 5. The molecule has 9 nitrogen and oxygen atoms in total. The van der Waals surface area contributed by atoms with Gasteiger partial charge in [0.2, 0.25) is 5.91 Å². The van der Waals surface area contributed by atoms with Crippen LogP contribution in [0.3, 0.4) is 0 Å². The summed E-state index contributed by atoms with van der Waals surface area (Å²) in [6.45, 7) is 1.76. The highest BCUT2D eigenvalue weighted by Crippen LogP contribution is 2.25. The summed E-state index contributed by atoms with van der Waals surface area (Å²) in [5, 5.41) is 14.7. The Balaban J connectivity index is 1.61. The second-order valence-electron chi connectivity index (χ2n) is 8.07. The van der Waals surface area contributed by atoms with Crippen molar-refractivity contribution < 1.29 is 4.79 Å². The van der Waals surface area contributed by atoms with E-state index in [1.54, 1.807) is 54.4 Å². The second kappa shape index (κ2) is 9.93. The average molecular weight is 529 g/mol. The minimum absolute atomic E-state index is 0.0771. The quantitative estimate of drug-likeness (QED) is 0.265. The summed E-state index contributed by atoms with van der Waals surface area (Å²) in [4.78, 5) is 44.8. The van der Waals surface area contributed by atoms with E-state index in [0.717, 1.165) is 11.8 Å². The lowest BCUT2D eigenvalue weighted by atomic mass is 10.2. The molecule has 0 unspecified atom stereocenters. The predicted molar refractivity (Wildman–Crippen MR) is 145 cm³/mol. The third kappa shape index (κ3) is 4.37. The number of benzene rings is 2. The Kier molecular flexibility index (Phi) is 6.52. The molecule has 2 aromatic carbocycles. The van der Waals surface area contributed by atoms with Gasteiger partial charge in [0.25, 0.3) is 11.1 Å². The molecule has 1 amide bonds. The molecule has 11 heteroatoms. The summed E-state index contributed by atoms with van der Waals surface area (Å²) >= 11 is 2.30. The van der Waals surface area contributed by atoms with Gasteiger partial charge in [-0.3, -0.25) is 19.1 Å². The number of nitrogens with one attached hydrogen (secondary N) is 1. The van der Waals surface area contributed by atoms with Gasteiger partial charge in [-0.05, 0) is 42.6 Å². The number of anilines is 1. The zero-order chi connectivity index (χ0) is 26.1. The first-order valence-corrected chi connectivity index (χ1v) is 13.0. The van der Waals surface area contributed by atoms with Crippen molar-refractivity contribution in [2.75, 3.05) is 11.1 Å². The van der Waals surface area contributed by atoms with Crippen molar-refractivity contribution >= 4 is 44.9 Å². The van der Waals surface area contributed by atoms with E-state index in [0.29, 0.717) is 32.8 Å². The van der Waals surface area contributed by atoms with E-state index in [1.807, 2.05) is 36.4 Å². The molecule has 5 rings (SSSR count). The molecule has 0 spiro atoms. The Morgan fingerprint density at radius 1 is 1.08 bits per heavy atom. The second-order valence-corrected chi connectivity index (χ2v) is 9.93. The van der Waals surface area contributed by atoms with Gasteiger partial charge >= 0.3 is 0 Å². The van der Waals surface area contributed by atoms with E-state index < -0.39 is 5.56 Å². The Morgan fingerprint density at radius 2 is 1.81 bits per heavy atom. The number of rotatable bonds is 6. The highest BCUT2D eigenvalue weighted by molar-refractivity contribution is 7.99. The highest BCUT2D eigenvalue weighted by Gasteiger charge is 2.23. The smallest absolute Gasteiger partial charge is 0.296 e. The van der Waals surface area contributed by atoms with Gasteiger partial charge in [-0.25, -0.2) is 14.2 Å². The molecule has 0 aliphatic heterocycles. The van der Waals surface area contributed by atoms with Gasteiger partial charge in [0.05, 0.1) is 33.6 Å². The standard InChI is InChI=1S/C26H20N6O3S2/c1-16-22(25(35)32(30(16)2)18-8-4-3-5-9-18)31-24(34)19-10-6-7-11-20(19)28-26(31)37-15-21(33)29-23-17(14-27)12-13-36-23/h3-13H,15H2,1-2H3,(H,29,33). The van der Waals surface area contributed by atoms with Gasteiger partial charge in [0.15, 0.2) is 5.16 Å². The number of carbonyl (C=O) groups excluding carboxylic acids is 1. The molecule has 184 valence electrons. The van der Waals surface area contributed by atoms with Gasteiger partial charge in [-0.1, -0.05) is 42.1 Å². The van der Waals surface area contributed by atoms with Crippen LogP contribution >= 0.6 is 23.1 Å². The number of thioether (sulfide) groups is 1. The van der Waals surface area contributed by atoms with E-state index >= 15 is 0 Å². The maximum atomic E-state index is 13.7. The summed E-state index contributed by atoms with van der Waals surface area (Å²) in [6, 6.07) is 19.7. The van der Waals surface area contributed by atoms with Crippen molar-refractivity contribution in [2.45, 2.75) is 12.1 Å². The van der Waals surface area contributed by atoms with E-state index in [1.165, 1.54) is 20.6 Å². The Hall–Kier alpha value is -4.40. The number of para-hydroxylation sites is 2. The van der Waals surface area contributed by atoms with E-state index in [2.05, 4.69) is 10.3 Å². The predicted octanol–water partition coefficient (Wildman–Crippen LogP) is 3.85. The molecule has 0 aliphatic carbocycles. The number of aromatic nitrogens is 4. The van der Waals surface area contributed by atoms with Crippen molar-refractivity contribution in [3.8, 4) is 17.4 Å². The van der Waals surface area contributed by atoms with E-state index in [-0.39, 0.29) is 28.1 Å². The third-order valence-corrected chi connectivity index (χ3v) is 7.63. The summed E-state index contributed by atoms with van der Waals surface area (Å²) in [6.07, 6.45) is 0. The van der Waals surface area contributed by atoms with Gasteiger partial charge < -0.3 is 5.32 Å². The van der Waals surface area contributed by atoms with Crippen LogP contribution in [0.5, 0.6) is 0 Å². The number of carbonyl (C=O) groups is 1. The van der Waals surface area contributed by atoms with E-state index in [4.69, 9.17) is 0 Å². The largest absolute Gasteiger partial charge is 0.316 e. The Bertz CT molecular complexity index is 1810. The lowest BCUT2D eigenvalue weighted by Gasteiger charge is -2.12. The fourth-order valence-corrected chi connectivity index (χ4v) is 5.56. The molecule has 0 radical (unpaired) electrons. The molecule has 0 aliphatic rings. The van der Waals surface area contributed by atoms with Crippen molar-refractivity contribution in [2.24, 2.45) is 7.05 Å². The van der Waals surface area contributed by atoms with Gasteiger partial charge in [-0.2, -0.15) is 5.26 Å². The fraction of sp³-hybridized carbons (Fsp3) is 0.115. The summed E-state index contributed by atoms with van der Waals surface area (Å²) < 4.78 is 4.48. The minimum atomic E-state index is -0.399. The zero-order valence-corrected chi connectivity index (χ0v) is 21.5. The Labute approximate surface area is 219 Å². The van der Waals surface area contributed by atoms with E-state index in [9.17, 15) is 19.6 Å². The normalized spacial score (nSPS) is 10.9. The molecule has 0 atom stereocenters. The zero-order valence-electron chi connectivity index (χ0n) is 19.8. The molecule has 3 aromatic heterocycles. The number of hydrogen-bond acceptors (Lipinski definition) is 7. The first-order chi connectivity index (χ1) is 17.9. The van der Waals surface area contributed by atoms with Crippen LogP contribution in [-0.4, -0.2) is 30.6 Å². The van der Waals surface area contributed by atoms with Crippen LogP contribution in [-0.2, 0) is 11.8 Å². The van der Waals surface area contributed by atoms with Crippen molar-refractivity contribution in [1.82, 2.24) is 18.9 Å². The van der Waals surface area contributed by atoms with Crippen LogP contribution < -0.4 is 16.4 Å². The topological polar surface area (TPSA) is 115 Å². The molecular weight excluding hydrogens is 508 g/mol. The van der Waals surface area contributed by atoms with Crippen LogP contribution in [0.1, 0.15) is 11.3 Å². The molecule has 3 heterocycles. The molecule has 0 bridgehead atoms. The van der Waals surface area contributed by atoms with Gasteiger partial charge in [0.1, 0.15) is 16.8 Å². The first kappa shape index (κ1) is 24.3. The maximum Gasteiger partial charge on any atom is 0.296 e. The number of thiophene rings is 1. The lowest BCUT2D eigenvalue weighted by Crippen LogP contribution is -2.28. The molecule has 0 saturated carbocycles. The molecule has 0 fully saturated rings. The molecule has 5 aromatic rings. The number of nitriles is 1. The van der Waals surface area contributed by atoms with Crippen LogP contribution in [0.15, 0.2) is 80.8 Å². The maximum absolute atomic E-state index is 13.7. The summed E-state index contributed by atoms with van der Waals surface area (Å²) in [5.41, 5.74) is 1.46. The number of amides is 1. The SMILES string of the molecule is Cc1c(-n2c(SCC(=O)Nc3sccc3C#N)nc3ccccc3c2=O)c(=O)n(-c2ccccc2)n1C. The Morgan fingerprint density at radius 3 is 2.57 bits per heavy atom. The van der Waals surface area contributed by atoms with Crippen LogP contribution in [0, 0.1) is 18.3 Å². The molecule has 1 N–H and O–H groups in total.